The van der Waals surface area contributed by atoms with Gasteiger partial charge in [0.1, 0.15) is 6.61 Å². The van der Waals surface area contributed by atoms with Crippen LogP contribution >= 0.6 is 0 Å². The van der Waals surface area contributed by atoms with Crippen LogP contribution < -0.4 is 0 Å². The number of carbonyl (C=O) groups is 1. The maximum Gasteiger partial charge on any atom is 0.308 e. The third kappa shape index (κ3) is 5.03. The molecule has 0 aromatic carbocycles. The molecule has 0 aromatic rings. The van der Waals surface area contributed by atoms with E-state index in [0.717, 1.165) is 0 Å². The largest absolute Gasteiger partial charge is 0.461 e. The van der Waals surface area contributed by atoms with E-state index in [9.17, 15) is 4.79 Å². The van der Waals surface area contributed by atoms with Crippen LogP contribution in [0.25, 0.3) is 0 Å². The summed E-state index contributed by atoms with van der Waals surface area (Å²) < 4.78 is 4.51. The number of carbonyl (C=O) groups excluding carboxylic acids is 1. The summed E-state index contributed by atoms with van der Waals surface area (Å²) in [5.74, 6) is -0.391. The van der Waals surface area contributed by atoms with Gasteiger partial charge in [0.25, 0.3) is 0 Å². The Morgan fingerprint density at radius 1 is 1.78 bits per heavy atom. The summed E-state index contributed by atoms with van der Waals surface area (Å²) >= 11 is 0. The van der Waals surface area contributed by atoms with E-state index < -0.39 is 5.97 Å². The number of rotatable bonds is 4. The van der Waals surface area contributed by atoms with Gasteiger partial charge < -0.3 is 9.84 Å². The standard InChI is InChI=1S/C6H10O3/c1-2-5-9-6(8)3-4-7/h2,7H,1,3-5H2. The molecule has 3 nitrogen and oxygen atoms in total. The lowest BCUT2D eigenvalue weighted by Crippen LogP contribution is -2.05. The van der Waals surface area contributed by atoms with Gasteiger partial charge in [0.05, 0.1) is 13.0 Å². The average Bonchev–Trinajstić information content (AvgIpc) is 1.85. The Morgan fingerprint density at radius 3 is 2.89 bits per heavy atom. The zero-order valence-electron chi connectivity index (χ0n) is 5.17. The summed E-state index contributed by atoms with van der Waals surface area (Å²) in [5, 5.41) is 8.21. The van der Waals surface area contributed by atoms with E-state index >= 15 is 0 Å². The van der Waals surface area contributed by atoms with Crippen LogP contribution in [-0.2, 0) is 9.53 Å². The van der Waals surface area contributed by atoms with Gasteiger partial charge in [0.2, 0.25) is 0 Å². The average molecular weight is 130 g/mol. The molecule has 1 N–H and O–H groups in total. The fraction of sp³-hybridized carbons (Fsp3) is 0.500. The van der Waals surface area contributed by atoms with Crippen LogP contribution in [0, 0.1) is 0 Å². The van der Waals surface area contributed by atoms with Crippen LogP contribution in [0.15, 0.2) is 12.7 Å². The number of hydrogen-bond donors (Lipinski definition) is 1. The van der Waals surface area contributed by atoms with Gasteiger partial charge in [0, 0.05) is 0 Å². The lowest BCUT2D eigenvalue weighted by molar-refractivity contribution is -0.143. The SMILES string of the molecule is C=CCOC(=O)CCO. The molecule has 0 amide bonds. The Hall–Kier alpha value is -0.830. The van der Waals surface area contributed by atoms with Crippen molar-refractivity contribution in [3.05, 3.63) is 12.7 Å². The molecular weight excluding hydrogens is 120 g/mol. The molecule has 3 heteroatoms. The minimum Gasteiger partial charge on any atom is -0.461 e. The van der Waals surface area contributed by atoms with Crippen molar-refractivity contribution in [3.63, 3.8) is 0 Å². The molecule has 0 rings (SSSR count). The molecule has 0 aliphatic heterocycles. The van der Waals surface area contributed by atoms with Crippen molar-refractivity contribution in [2.45, 2.75) is 6.42 Å². The van der Waals surface area contributed by atoms with Gasteiger partial charge in [-0.1, -0.05) is 12.7 Å². The quantitative estimate of drug-likeness (QED) is 0.433. The van der Waals surface area contributed by atoms with E-state index in [-0.39, 0.29) is 19.6 Å². The van der Waals surface area contributed by atoms with Crippen molar-refractivity contribution in [1.29, 1.82) is 0 Å². The smallest absolute Gasteiger partial charge is 0.308 e. The van der Waals surface area contributed by atoms with Crippen molar-refractivity contribution in [1.82, 2.24) is 0 Å². The van der Waals surface area contributed by atoms with E-state index in [1.165, 1.54) is 6.08 Å². The summed E-state index contributed by atoms with van der Waals surface area (Å²) in [6.45, 7) is 3.42. The molecule has 0 aromatic heterocycles. The van der Waals surface area contributed by atoms with Gasteiger partial charge >= 0.3 is 5.97 Å². The molecule has 9 heavy (non-hydrogen) atoms. The van der Waals surface area contributed by atoms with Gasteiger partial charge in [0.15, 0.2) is 0 Å². The third-order valence-corrected chi connectivity index (χ3v) is 0.678. The molecule has 0 aliphatic carbocycles. The highest BCUT2D eigenvalue weighted by Crippen LogP contribution is 1.83. The van der Waals surface area contributed by atoms with Crippen LogP contribution in [0.3, 0.4) is 0 Å². The van der Waals surface area contributed by atoms with Crippen LogP contribution in [0.5, 0.6) is 0 Å². The molecule has 0 unspecified atom stereocenters. The summed E-state index contributed by atoms with van der Waals surface area (Å²) in [7, 11) is 0. The first-order valence-corrected chi connectivity index (χ1v) is 2.68. The molecule has 0 atom stereocenters. The van der Waals surface area contributed by atoms with Crippen LogP contribution in [-0.4, -0.2) is 24.3 Å². The Bertz CT molecular complexity index is 98.5. The summed E-state index contributed by atoms with van der Waals surface area (Å²) in [4.78, 5) is 10.4. The molecule has 0 saturated carbocycles. The van der Waals surface area contributed by atoms with Crippen LogP contribution in [0.1, 0.15) is 6.42 Å². The summed E-state index contributed by atoms with van der Waals surface area (Å²) in [6.07, 6.45) is 1.54. The lowest BCUT2D eigenvalue weighted by Gasteiger charge is -1.96. The normalized spacial score (nSPS) is 8.56. The van der Waals surface area contributed by atoms with Crippen LogP contribution in [0.4, 0.5) is 0 Å². The first kappa shape index (κ1) is 8.17. The van der Waals surface area contributed by atoms with Gasteiger partial charge in [-0.05, 0) is 0 Å². The predicted octanol–water partition coefficient (Wildman–Crippen LogP) is 0.0980. The van der Waals surface area contributed by atoms with Gasteiger partial charge in [-0.2, -0.15) is 0 Å². The van der Waals surface area contributed by atoms with Crippen molar-refractivity contribution >= 4 is 5.97 Å². The van der Waals surface area contributed by atoms with Crippen molar-refractivity contribution in [3.8, 4) is 0 Å². The number of ether oxygens (including phenoxy) is 1. The molecule has 0 spiro atoms. The summed E-state index contributed by atoms with van der Waals surface area (Å²) in [5.41, 5.74) is 0. The molecule has 0 bridgehead atoms. The lowest BCUT2D eigenvalue weighted by atomic mass is 10.5. The number of esters is 1. The fourth-order valence-corrected chi connectivity index (χ4v) is 0.315. The van der Waals surface area contributed by atoms with Gasteiger partial charge in [-0.3, -0.25) is 4.79 Å². The van der Waals surface area contributed by atoms with Crippen molar-refractivity contribution in [2.75, 3.05) is 13.2 Å². The fourth-order valence-electron chi connectivity index (χ4n) is 0.315. The zero-order chi connectivity index (χ0) is 7.11. The molecule has 0 saturated heterocycles. The zero-order valence-corrected chi connectivity index (χ0v) is 5.17. The molecule has 0 aliphatic rings. The van der Waals surface area contributed by atoms with Crippen molar-refractivity contribution in [2.24, 2.45) is 0 Å². The molecular formula is C6H10O3. The second-order valence-corrected chi connectivity index (χ2v) is 1.45. The number of aliphatic hydroxyl groups excluding tert-OH is 1. The summed E-state index contributed by atoms with van der Waals surface area (Å²) in [6, 6.07) is 0. The highest BCUT2D eigenvalue weighted by molar-refractivity contribution is 5.69. The predicted molar refractivity (Wildman–Crippen MR) is 32.9 cm³/mol. The first-order chi connectivity index (χ1) is 4.31. The van der Waals surface area contributed by atoms with Gasteiger partial charge in [-0.25, -0.2) is 0 Å². The Labute approximate surface area is 53.9 Å². The third-order valence-electron chi connectivity index (χ3n) is 0.678. The molecule has 0 radical (unpaired) electrons. The number of aliphatic hydroxyl groups is 1. The molecule has 0 fully saturated rings. The van der Waals surface area contributed by atoms with E-state index in [4.69, 9.17) is 5.11 Å². The Kier molecular flexibility index (Phi) is 4.82. The van der Waals surface area contributed by atoms with E-state index in [0.29, 0.717) is 0 Å². The maximum absolute atomic E-state index is 10.4. The molecule has 0 heterocycles. The van der Waals surface area contributed by atoms with E-state index in [1.54, 1.807) is 0 Å². The van der Waals surface area contributed by atoms with Crippen molar-refractivity contribution < 1.29 is 14.6 Å². The first-order valence-electron chi connectivity index (χ1n) is 2.68. The Morgan fingerprint density at radius 2 is 2.44 bits per heavy atom. The van der Waals surface area contributed by atoms with E-state index in [1.807, 2.05) is 0 Å². The second kappa shape index (κ2) is 5.31. The van der Waals surface area contributed by atoms with Crippen LogP contribution in [0.2, 0.25) is 0 Å². The maximum atomic E-state index is 10.4. The highest BCUT2D eigenvalue weighted by Gasteiger charge is 1.97. The Balaban J connectivity index is 3.16. The minimum absolute atomic E-state index is 0.0633. The molecule has 52 valence electrons. The highest BCUT2D eigenvalue weighted by atomic mass is 16.5. The topological polar surface area (TPSA) is 46.5 Å². The van der Waals surface area contributed by atoms with Gasteiger partial charge in [-0.15, -0.1) is 0 Å². The monoisotopic (exact) mass is 130 g/mol. The van der Waals surface area contributed by atoms with E-state index in [2.05, 4.69) is 11.3 Å². The number of hydrogen-bond acceptors (Lipinski definition) is 3. The minimum atomic E-state index is -0.391. The second-order valence-electron chi connectivity index (χ2n) is 1.45.